The second-order valence-corrected chi connectivity index (χ2v) is 11.1. The van der Waals surface area contributed by atoms with E-state index in [9.17, 15) is 13.2 Å². The molecule has 3 N–H and O–H groups in total. The van der Waals surface area contributed by atoms with Crippen LogP contribution < -0.4 is 10.5 Å². The van der Waals surface area contributed by atoms with Gasteiger partial charge in [-0.15, -0.1) is 0 Å². The molecule has 2 fully saturated rings. The minimum Gasteiger partial charge on any atom is -0.322 e. The summed E-state index contributed by atoms with van der Waals surface area (Å²) in [5.41, 5.74) is 7.09. The Bertz CT molecular complexity index is 1020. The Labute approximate surface area is 179 Å². The van der Waals surface area contributed by atoms with E-state index in [2.05, 4.69) is 18.6 Å². The molecule has 0 saturated heterocycles. The Kier molecular flexibility index (Phi) is 5.37. The van der Waals surface area contributed by atoms with Gasteiger partial charge in [0.1, 0.15) is 5.78 Å². The largest absolute Gasteiger partial charge is 0.322 e. The number of ketones is 1. The van der Waals surface area contributed by atoms with E-state index >= 15 is 0 Å². The van der Waals surface area contributed by atoms with Gasteiger partial charge in [-0.25, -0.2) is 13.1 Å². The Morgan fingerprint density at radius 3 is 2.10 bits per heavy atom. The molecule has 5 nitrogen and oxygen atoms in total. The van der Waals surface area contributed by atoms with Crippen molar-refractivity contribution in [1.29, 1.82) is 0 Å². The summed E-state index contributed by atoms with van der Waals surface area (Å²) in [5, 5.41) is 0. The van der Waals surface area contributed by atoms with Crippen LogP contribution >= 0.6 is 0 Å². The predicted molar refractivity (Wildman–Crippen MR) is 118 cm³/mol. The second-order valence-electron chi connectivity index (χ2n) is 9.37. The lowest BCUT2D eigenvalue weighted by molar-refractivity contribution is -0.128. The molecule has 2 aliphatic carbocycles. The van der Waals surface area contributed by atoms with Gasteiger partial charge in [0.05, 0.1) is 17.8 Å². The second kappa shape index (κ2) is 7.59. The van der Waals surface area contributed by atoms with Gasteiger partial charge < -0.3 is 5.73 Å². The summed E-state index contributed by atoms with van der Waals surface area (Å²) >= 11 is 0. The summed E-state index contributed by atoms with van der Waals surface area (Å²) in [7, 11) is -3.76. The minimum atomic E-state index is -3.76. The summed E-state index contributed by atoms with van der Waals surface area (Å²) < 4.78 is 29.7. The smallest absolute Gasteiger partial charge is 0.213 e. The number of sulfonamides is 1. The molecular formula is C24H30N2O3S. The predicted octanol–water partition coefficient (Wildman–Crippen LogP) is 3.74. The van der Waals surface area contributed by atoms with Crippen molar-refractivity contribution in [2.75, 3.05) is 5.75 Å². The molecule has 2 unspecified atom stereocenters. The van der Waals surface area contributed by atoms with Crippen molar-refractivity contribution in [3.63, 3.8) is 0 Å². The molecule has 2 aromatic rings. The molecule has 4 rings (SSSR count). The Morgan fingerprint density at radius 1 is 1.03 bits per heavy atom. The van der Waals surface area contributed by atoms with Gasteiger partial charge in [0.2, 0.25) is 10.0 Å². The number of benzene rings is 2. The molecular weight excluding hydrogens is 396 g/mol. The first-order chi connectivity index (χ1) is 14.2. The van der Waals surface area contributed by atoms with Crippen LogP contribution in [0.25, 0.3) is 0 Å². The first-order valence-electron chi connectivity index (χ1n) is 10.6. The average molecular weight is 427 g/mol. The van der Waals surface area contributed by atoms with Gasteiger partial charge in [-0.2, -0.15) is 0 Å². The summed E-state index contributed by atoms with van der Waals surface area (Å²) in [6, 6.07) is 17.7. The van der Waals surface area contributed by atoms with Crippen LogP contribution in [0.3, 0.4) is 0 Å². The zero-order valence-electron chi connectivity index (χ0n) is 17.5. The van der Waals surface area contributed by atoms with Crippen LogP contribution in [0.2, 0.25) is 0 Å². The van der Waals surface area contributed by atoms with E-state index in [1.54, 1.807) is 0 Å². The van der Waals surface area contributed by atoms with Gasteiger partial charge in [0.25, 0.3) is 0 Å². The van der Waals surface area contributed by atoms with Gasteiger partial charge in [-0.1, -0.05) is 74.5 Å². The van der Waals surface area contributed by atoms with Crippen LogP contribution in [-0.4, -0.2) is 20.0 Å². The van der Waals surface area contributed by atoms with E-state index in [-0.39, 0.29) is 22.9 Å². The average Bonchev–Trinajstić information content (AvgIpc) is 3.07. The number of Topliss-reactive ketones (excluding diaryl/α,β-unsaturated/α-hetero) is 1. The zero-order valence-corrected chi connectivity index (χ0v) is 18.4. The summed E-state index contributed by atoms with van der Waals surface area (Å²) in [5.74, 6) is 0.196. The Hall–Kier alpha value is -2.02. The summed E-state index contributed by atoms with van der Waals surface area (Å²) in [6.45, 7) is 4.10. The highest BCUT2D eigenvalue weighted by Crippen LogP contribution is 2.64. The molecule has 4 atom stereocenters. The lowest BCUT2D eigenvalue weighted by Crippen LogP contribution is -2.47. The Balaban J connectivity index is 1.65. The van der Waals surface area contributed by atoms with Crippen molar-refractivity contribution in [3.05, 3.63) is 71.8 Å². The molecule has 2 saturated carbocycles. The molecule has 160 valence electrons. The third-order valence-corrected chi connectivity index (χ3v) is 9.07. The normalized spacial score (nSPS) is 27.2. The van der Waals surface area contributed by atoms with Crippen LogP contribution in [-0.2, 0) is 14.8 Å². The van der Waals surface area contributed by atoms with E-state index in [0.29, 0.717) is 12.8 Å². The SMILES string of the molecule is CC1(C)[C@@H]2CC[C@@]1(CS(=O)(=O)NC(c1ccccc1)C(N)c1ccccc1)C(=O)C2. The van der Waals surface area contributed by atoms with Crippen LogP contribution in [0.4, 0.5) is 0 Å². The maximum absolute atomic E-state index is 13.4. The molecule has 0 aromatic heterocycles. The van der Waals surface area contributed by atoms with Crippen molar-refractivity contribution in [3.8, 4) is 0 Å². The molecule has 2 aliphatic rings. The number of hydrogen-bond donors (Lipinski definition) is 2. The molecule has 0 radical (unpaired) electrons. The fraction of sp³-hybridized carbons (Fsp3) is 0.458. The van der Waals surface area contributed by atoms with Gasteiger partial charge in [0.15, 0.2) is 0 Å². The quantitative estimate of drug-likeness (QED) is 0.706. The van der Waals surface area contributed by atoms with Crippen molar-refractivity contribution < 1.29 is 13.2 Å². The highest BCUT2D eigenvalue weighted by Gasteiger charge is 2.65. The van der Waals surface area contributed by atoms with E-state index < -0.39 is 27.5 Å². The minimum absolute atomic E-state index is 0.0951. The van der Waals surface area contributed by atoms with Gasteiger partial charge in [-0.3, -0.25) is 4.79 Å². The number of fused-ring (bicyclic) bond motifs is 2. The van der Waals surface area contributed by atoms with Crippen molar-refractivity contribution in [2.24, 2.45) is 22.5 Å². The number of carbonyl (C=O) groups is 1. The fourth-order valence-corrected chi connectivity index (χ4v) is 7.62. The number of nitrogens with one attached hydrogen (secondary N) is 1. The molecule has 0 spiro atoms. The van der Waals surface area contributed by atoms with Crippen LogP contribution in [0.15, 0.2) is 60.7 Å². The first-order valence-corrected chi connectivity index (χ1v) is 12.2. The van der Waals surface area contributed by atoms with Crippen LogP contribution in [0.1, 0.15) is 56.3 Å². The number of hydrogen-bond acceptors (Lipinski definition) is 4. The molecule has 6 heteroatoms. The van der Waals surface area contributed by atoms with E-state index in [4.69, 9.17) is 5.73 Å². The molecule has 2 aromatic carbocycles. The lowest BCUT2D eigenvalue weighted by atomic mass is 9.70. The third-order valence-electron chi connectivity index (χ3n) is 7.58. The van der Waals surface area contributed by atoms with Gasteiger partial charge >= 0.3 is 0 Å². The van der Waals surface area contributed by atoms with Gasteiger partial charge in [-0.05, 0) is 35.3 Å². The highest BCUT2D eigenvalue weighted by atomic mass is 32.2. The Morgan fingerprint density at radius 2 is 1.60 bits per heavy atom. The highest BCUT2D eigenvalue weighted by molar-refractivity contribution is 7.89. The van der Waals surface area contributed by atoms with Crippen molar-refractivity contribution >= 4 is 15.8 Å². The molecule has 2 bridgehead atoms. The lowest BCUT2D eigenvalue weighted by Gasteiger charge is -2.37. The number of nitrogens with two attached hydrogens (primary N) is 1. The summed E-state index contributed by atoms with van der Waals surface area (Å²) in [6.07, 6.45) is 2.05. The van der Waals surface area contributed by atoms with Gasteiger partial charge in [0, 0.05) is 11.8 Å². The maximum atomic E-state index is 13.4. The maximum Gasteiger partial charge on any atom is 0.213 e. The monoisotopic (exact) mass is 426 g/mol. The fourth-order valence-electron chi connectivity index (χ4n) is 5.54. The first kappa shape index (κ1) is 21.2. The molecule has 0 amide bonds. The van der Waals surface area contributed by atoms with Crippen molar-refractivity contribution in [1.82, 2.24) is 4.72 Å². The standard InChI is InChI=1S/C24H30N2O3S/c1-23(2)19-13-14-24(23,20(27)15-19)16-30(28,29)26-22(18-11-7-4-8-12-18)21(25)17-9-5-3-6-10-17/h3-12,19,21-22,26H,13-16,25H2,1-2H3/t19-,21?,22?,24-/m1/s1. The number of carbonyl (C=O) groups excluding carboxylic acids is 1. The van der Waals surface area contributed by atoms with Crippen LogP contribution in [0.5, 0.6) is 0 Å². The summed E-state index contributed by atoms with van der Waals surface area (Å²) in [4.78, 5) is 12.8. The topological polar surface area (TPSA) is 89.3 Å². The third kappa shape index (κ3) is 3.51. The molecule has 0 aliphatic heterocycles. The van der Waals surface area contributed by atoms with Crippen molar-refractivity contribution in [2.45, 2.75) is 45.2 Å². The molecule has 0 heterocycles. The van der Waals surface area contributed by atoms with E-state index in [1.807, 2.05) is 60.7 Å². The number of rotatable bonds is 7. The van der Waals surface area contributed by atoms with E-state index in [0.717, 1.165) is 17.5 Å². The van der Waals surface area contributed by atoms with E-state index in [1.165, 1.54) is 0 Å². The van der Waals surface area contributed by atoms with Crippen LogP contribution in [0, 0.1) is 16.7 Å². The molecule has 30 heavy (non-hydrogen) atoms. The zero-order chi connectivity index (χ0) is 21.6.